The molecule has 0 amide bonds. The summed E-state index contributed by atoms with van der Waals surface area (Å²) in [6, 6.07) is 3.60. The summed E-state index contributed by atoms with van der Waals surface area (Å²) in [6.07, 6.45) is 3.33. The lowest BCUT2D eigenvalue weighted by Gasteiger charge is -2.21. The van der Waals surface area contributed by atoms with E-state index in [4.69, 9.17) is 5.11 Å². The van der Waals surface area contributed by atoms with Gasteiger partial charge in [-0.2, -0.15) is 0 Å². The molecule has 4 nitrogen and oxygen atoms in total. The highest BCUT2D eigenvalue weighted by molar-refractivity contribution is 5.40. The van der Waals surface area contributed by atoms with Gasteiger partial charge in [-0.1, -0.05) is 0 Å². The van der Waals surface area contributed by atoms with Gasteiger partial charge in [-0.25, -0.2) is 0 Å². The molecule has 0 fully saturated rings. The molecule has 0 spiro atoms. The summed E-state index contributed by atoms with van der Waals surface area (Å²) in [5.41, 5.74) is -0.202. The Bertz CT molecular complexity index is 249. The van der Waals surface area contributed by atoms with Crippen molar-refractivity contribution in [2.75, 3.05) is 18.5 Å². The molecule has 72 valence electrons. The maximum absolute atomic E-state index is 9.46. The molecule has 0 saturated heterocycles. The number of nitrogens with one attached hydrogen (secondary N) is 1. The fourth-order valence-electron chi connectivity index (χ4n) is 0.818. The van der Waals surface area contributed by atoms with E-state index < -0.39 is 5.60 Å². The molecule has 1 aromatic heterocycles. The average molecular weight is 182 g/mol. The van der Waals surface area contributed by atoms with Gasteiger partial charge in [0.05, 0.1) is 6.61 Å². The monoisotopic (exact) mass is 182 g/mol. The third-order valence-electron chi connectivity index (χ3n) is 1.69. The van der Waals surface area contributed by atoms with Gasteiger partial charge in [-0.15, -0.1) is 0 Å². The Kier molecular flexibility index (Phi) is 3.22. The first kappa shape index (κ1) is 9.95. The van der Waals surface area contributed by atoms with E-state index in [9.17, 15) is 5.11 Å². The molecule has 0 aromatic carbocycles. The van der Waals surface area contributed by atoms with Crippen LogP contribution in [0.2, 0.25) is 0 Å². The third-order valence-corrected chi connectivity index (χ3v) is 1.69. The normalized spacial score (nSPS) is 15.0. The minimum absolute atomic E-state index is 0.259. The Morgan fingerprint density at radius 3 is 2.62 bits per heavy atom. The number of aliphatic hydroxyl groups is 2. The molecule has 1 atom stereocenters. The van der Waals surface area contributed by atoms with E-state index in [1.54, 1.807) is 31.5 Å². The van der Waals surface area contributed by atoms with Gasteiger partial charge in [-0.3, -0.25) is 4.98 Å². The van der Waals surface area contributed by atoms with Crippen molar-refractivity contribution in [2.24, 2.45) is 0 Å². The summed E-state index contributed by atoms with van der Waals surface area (Å²) in [7, 11) is 0. The van der Waals surface area contributed by atoms with Crippen LogP contribution in [-0.4, -0.2) is 33.9 Å². The van der Waals surface area contributed by atoms with E-state index in [0.717, 1.165) is 5.69 Å². The Morgan fingerprint density at radius 1 is 1.46 bits per heavy atom. The Balaban J connectivity index is 2.44. The highest BCUT2D eigenvalue weighted by atomic mass is 16.3. The first-order valence-electron chi connectivity index (χ1n) is 4.11. The van der Waals surface area contributed by atoms with Crippen LogP contribution >= 0.6 is 0 Å². The number of anilines is 1. The van der Waals surface area contributed by atoms with Gasteiger partial charge in [0, 0.05) is 24.6 Å². The average Bonchev–Trinajstić information content (AvgIpc) is 2.17. The van der Waals surface area contributed by atoms with Crippen LogP contribution < -0.4 is 5.32 Å². The minimum atomic E-state index is -1.08. The number of pyridine rings is 1. The lowest BCUT2D eigenvalue weighted by molar-refractivity contribution is 0.0132. The summed E-state index contributed by atoms with van der Waals surface area (Å²) >= 11 is 0. The molecule has 4 heteroatoms. The third kappa shape index (κ3) is 3.40. The Hall–Kier alpha value is -1.13. The van der Waals surface area contributed by atoms with Crippen LogP contribution in [0.15, 0.2) is 24.5 Å². The minimum Gasteiger partial charge on any atom is -0.393 e. The summed E-state index contributed by atoms with van der Waals surface area (Å²) in [4.78, 5) is 3.86. The number of rotatable bonds is 4. The van der Waals surface area contributed by atoms with Gasteiger partial charge in [0.1, 0.15) is 5.60 Å². The second-order valence-corrected chi connectivity index (χ2v) is 3.24. The van der Waals surface area contributed by atoms with E-state index in [0.29, 0.717) is 6.54 Å². The predicted octanol–water partition coefficient (Wildman–Crippen LogP) is 0.237. The molecule has 0 bridgehead atoms. The smallest absolute Gasteiger partial charge is 0.102 e. The predicted molar refractivity (Wildman–Crippen MR) is 50.4 cm³/mol. The first-order valence-corrected chi connectivity index (χ1v) is 4.11. The molecule has 13 heavy (non-hydrogen) atoms. The van der Waals surface area contributed by atoms with Crippen LogP contribution in [0.5, 0.6) is 0 Å². The Labute approximate surface area is 77.2 Å². The van der Waals surface area contributed by atoms with Crippen molar-refractivity contribution in [1.29, 1.82) is 0 Å². The van der Waals surface area contributed by atoms with Crippen LogP contribution in [0.3, 0.4) is 0 Å². The van der Waals surface area contributed by atoms with Crippen molar-refractivity contribution in [1.82, 2.24) is 4.98 Å². The number of aliphatic hydroxyl groups excluding tert-OH is 1. The van der Waals surface area contributed by atoms with Crippen LogP contribution in [-0.2, 0) is 0 Å². The number of aromatic nitrogens is 1. The molecular formula is C9H14N2O2. The molecule has 0 aliphatic heterocycles. The van der Waals surface area contributed by atoms with Crippen LogP contribution in [0.1, 0.15) is 6.92 Å². The summed E-state index contributed by atoms with van der Waals surface area (Å²) < 4.78 is 0. The van der Waals surface area contributed by atoms with Gasteiger partial charge >= 0.3 is 0 Å². The molecule has 1 aromatic rings. The van der Waals surface area contributed by atoms with Crippen molar-refractivity contribution in [3.8, 4) is 0 Å². The van der Waals surface area contributed by atoms with E-state index in [1.165, 1.54) is 0 Å². The zero-order valence-electron chi connectivity index (χ0n) is 7.57. The summed E-state index contributed by atoms with van der Waals surface area (Å²) in [5.74, 6) is 0. The van der Waals surface area contributed by atoms with Gasteiger partial charge in [0.2, 0.25) is 0 Å². The SMILES string of the molecule is CC(O)(CO)CNc1ccncc1. The topological polar surface area (TPSA) is 65.4 Å². The molecule has 1 rings (SSSR count). The fraction of sp³-hybridized carbons (Fsp3) is 0.444. The molecule has 0 saturated carbocycles. The molecule has 0 aliphatic rings. The summed E-state index contributed by atoms with van der Waals surface area (Å²) in [5, 5.41) is 21.2. The van der Waals surface area contributed by atoms with E-state index in [-0.39, 0.29) is 6.61 Å². The fourth-order valence-corrected chi connectivity index (χ4v) is 0.818. The van der Waals surface area contributed by atoms with Gasteiger partial charge < -0.3 is 15.5 Å². The van der Waals surface area contributed by atoms with Crippen LogP contribution in [0.4, 0.5) is 5.69 Å². The van der Waals surface area contributed by atoms with Crippen molar-refractivity contribution in [2.45, 2.75) is 12.5 Å². The highest BCUT2D eigenvalue weighted by Gasteiger charge is 2.17. The number of nitrogens with zero attached hydrogens (tertiary/aromatic N) is 1. The standard InChI is InChI=1S/C9H14N2O2/c1-9(13,7-12)6-11-8-2-4-10-5-3-8/h2-5,12-13H,6-7H2,1H3,(H,10,11). The van der Waals surface area contributed by atoms with Gasteiger partial charge in [0.15, 0.2) is 0 Å². The van der Waals surface area contributed by atoms with Crippen molar-refractivity contribution >= 4 is 5.69 Å². The zero-order chi connectivity index (χ0) is 9.73. The molecule has 1 heterocycles. The van der Waals surface area contributed by atoms with Gasteiger partial charge in [-0.05, 0) is 19.1 Å². The van der Waals surface area contributed by atoms with Crippen molar-refractivity contribution < 1.29 is 10.2 Å². The molecule has 0 aliphatic carbocycles. The molecule has 1 unspecified atom stereocenters. The first-order chi connectivity index (χ1) is 6.14. The van der Waals surface area contributed by atoms with Crippen molar-refractivity contribution in [3.05, 3.63) is 24.5 Å². The summed E-state index contributed by atoms with van der Waals surface area (Å²) in [6.45, 7) is 1.62. The molecule has 0 radical (unpaired) electrons. The van der Waals surface area contributed by atoms with E-state index >= 15 is 0 Å². The maximum atomic E-state index is 9.46. The van der Waals surface area contributed by atoms with Gasteiger partial charge in [0.25, 0.3) is 0 Å². The second kappa shape index (κ2) is 4.20. The van der Waals surface area contributed by atoms with Crippen LogP contribution in [0, 0.1) is 0 Å². The molecular weight excluding hydrogens is 168 g/mol. The second-order valence-electron chi connectivity index (χ2n) is 3.24. The number of hydrogen-bond acceptors (Lipinski definition) is 4. The quantitative estimate of drug-likeness (QED) is 0.624. The zero-order valence-corrected chi connectivity index (χ0v) is 7.57. The van der Waals surface area contributed by atoms with E-state index in [2.05, 4.69) is 10.3 Å². The number of hydrogen-bond donors (Lipinski definition) is 3. The lowest BCUT2D eigenvalue weighted by atomic mass is 10.1. The Morgan fingerprint density at radius 2 is 2.08 bits per heavy atom. The van der Waals surface area contributed by atoms with E-state index in [1.807, 2.05) is 0 Å². The lowest BCUT2D eigenvalue weighted by Crippen LogP contribution is -2.37. The largest absolute Gasteiger partial charge is 0.393 e. The maximum Gasteiger partial charge on any atom is 0.102 e. The van der Waals surface area contributed by atoms with Crippen LogP contribution in [0.25, 0.3) is 0 Å². The highest BCUT2D eigenvalue weighted by Crippen LogP contribution is 2.07. The van der Waals surface area contributed by atoms with Crippen molar-refractivity contribution in [3.63, 3.8) is 0 Å². The molecule has 3 N–H and O–H groups in total.